The first kappa shape index (κ1) is 19.3. The lowest BCUT2D eigenvalue weighted by molar-refractivity contribution is 0.102. The molecule has 9 heteroatoms. The minimum Gasteiger partial charge on any atom is -0.497 e. The first-order valence-electron chi connectivity index (χ1n) is 8.64. The van der Waals surface area contributed by atoms with Crippen molar-refractivity contribution in [2.75, 3.05) is 12.4 Å². The predicted molar refractivity (Wildman–Crippen MR) is 116 cm³/mol. The van der Waals surface area contributed by atoms with E-state index in [1.165, 1.54) is 11.3 Å². The van der Waals surface area contributed by atoms with Gasteiger partial charge in [-0.3, -0.25) is 10.1 Å². The monoisotopic (exact) mass is 469 g/mol. The summed E-state index contributed by atoms with van der Waals surface area (Å²) < 4.78 is 7.75. The van der Waals surface area contributed by atoms with Crippen molar-refractivity contribution in [3.63, 3.8) is 0 Å². The number of benzene rings is 2. The summed E-state index contributed by atoms with van der Waals surface area (Å²) in [6.45, 7) is 1.80. The number of nitrogens with one attached hydrogen (secondary N) is 1. The molecule has 29 heavy (non-hydrogen) atoms. The molecule has 1 N–H and O–H groups in total. The maximum Gasteiger partial charge on any atom is 0.279 e. The van der Waals surface area contributed by atoms with Gasteiger partial charge in [0.2, 0.25) is 0 Å². The van der Waals surface area contributed by atoms with Crippen LogP contribution in [0.2, 0.25) is 0 Å². The van der Waals surface area contributed by atoms with Crippen LogP contribution in [-0.4, -0.2) is 33.0 Å². The Bertz CT molecular complexity index is 1170. The summed E-state index contributed by atoms with van der Waals surface area (Å²) in [6, 6.07) is 15.2. The average Bonchev–Trinajstić information content (AvgIpc) is 3.35. The van der Waals surface area contributed by atoms with Crippen LogP contribution in [-0.2, 0) is 0 Å². The number of hydrogen-bond donors (Lipinski definition) is 1. The molecule has 0 aliphatic rings. The Morgan fingerprint density at radius 1 is 1.21 bits per heavy atom. The molecule has 0 unspecified atom stereocenters. The molecule has 2 heterocycles. The first-order chi connectivity index (χ1) is 14.0. The van der Waals surface area contributed by atoms with E-state index in [0.717, 1.165) is 27.2 Å². The highest BCUT2D eigenvalue weighted by atomic mass is 79.9. The quantitative estimate of drug-likeness (QED) is 0.457. The van der Waals surface area contributed by atoms with E-state index in [1.54, 1.807) is 18.7 Å². The van der Waals surface area contributed by atoms with Gasteiger partial charge in [-0.25, -0.2) is 9.67 Å². The lowest BCUT2D eigenvalue weighted by Crippen LogP contribution is -2.14. The summed E-state index contributed by atoms with van der Waals surface area (Å²) >= 11 is 4.82. The summed E-state index contributed by atoms with van der Waals surface area (Å²) in [5, 5.41) is 13.4. The van der Waals surface area contributed by atoms with Gasteiger partial charge < -0.3 is 4.74 Å². The number of thiazole rings is 1. The fraction of sp³-hybridized carbons (Fsp3) is 0.100. The molecule has 2 aromatic carbocycles. The minimum atomic E-state index is -0.350. The molecule has 0 saturated carbocycles. The van der Waals surface area contributed by atoms with Crippen molar-refractivity contribution in [1.29, 1.82) is 0 Å². The standard InChI is InChI=1S/C20H16BrN5O2S/c1-12-18(24-25-26(12)15-6-8-16(28-2)9-7-15)19(27)23-20-22-17(11-29-20)13-4-3-5-14(21)10-13/h3-11H,1-2H3,(H,22,23,27). The van der Waals surface area contributed by atoms with Crippen molar-refractivity contribution in [2.24, 2.45) is 0 Å². The van der Waals surface area contributed by atoms with Gasteiger partial charge in [-0.05, 0) is 43.3 Å². The van der Waals surface area contributed by atoms with Crippen molar-refractivity contribution in [3.05, 3.63) is 69.8 Å². The normalized spacial score (nSPS) is 10.7. The summed E-state index contributed by atoms with van der Waals surface area (Å²) in [4.78, 5) is 17.2. The average molecular weight is 470 g/mol. The summed E-state index contributed by atoms with van der Waals surface area (Å²) in [5.74, 6) is 0.395. The molecular weight excluding hydrogens is 454 g/mol. The smallest absolute Gasteiger partial charge is 0.279 e. The minimum absolute atomic E-state index is 0.250. The highest BCUT2D eigenvalue weighted by Crippen LogP contribution is 2.27. The van der Waals surface area contributed by atoms with E-state index in [1.807, 2.05) is 53.9 Å². The number of anilines is 1. The first-order valence-corrected chi connectivity index (χ1v) is 10.3. The third-order valence-corrected chi connectivity index (χ3v) is 5.52. The zero-order chi connectivity index (χ0) is 20.4. The van der Waals surface area contributed by atoms with Crippen LogP contribution in [0.15, 0.2) is 58.4 Å². The molecule has 0 radical (unpaired) electrons. The fourth-order valence-electron chi connectivity index (χ4n) is 2.78. The van der Waals surface area contributed by atoms with Crippen LogP contribution in [0.4, 0.5) is 5.13 Å². The number of nitrogens with zero attached hydrogens (tertiary/aromatic N) is 4. The van der Waals surface area contributed by atoms with E-state index in [9.17, 15) is 4.79 Å². The third-order valence-electron chi connectivity index (χ3n) is 4.27. The molecular formula is C20H16BrN5O2S. The van der Waals surface area contributed by atoms with Crippen LogP contribution in [0.25, 0.3) is 16.9 Å². The molecule has 0 aliphatic heterocycles. The van der Waals surface area contributed by atoms with Gasteiger partial charge in [0.1, 0.15) is 5.75 Å². The van der Waals surface area contributed by atoms with Crippen LogP contribution in [0, 0.1) is 6.92 Å². The van der Waals surface area contributed by atoms with Gasteiger partial charge in [-0.15, -0.1) is 16.4 Å². The van der Waals surface area contributed by atoms with Gasteiger partial charge in [0.25, 0.3) is 5.91 Å². The van der Waals surface area contributed by atoms with E-state index in [2.05, 4.69) is 36.5 Å². The van der Waals surface area contributed by atoms with Crippen molar-refractivity contribution in [1.82, 2.24) is 20.0 Å². The number of hydrogen-bond acceptors (Lipinski definition) is 6. The zero-order valence-corrected chi connectivity index (χ0v) is 18.0. The largest absolute Gasteiger partial charge is 0.497 e. The van der Waals surface area contributed by atoms with Crippen LogP contribution in [0.3, 0.4) is 0 Å². The number of methoxy groups -OCH3 is 1. The molecule has 2 aromatic heterocycles. The molecule has 0 atom stereocenters. The fourth-order valence-corrected chi connectivity index (χ4v) is 3.89. The molecule has 0 spiro atoms. The molecule has 0 fully saturated rings. The highest BCUT2D eigenvalue weighted by Gasteiger charge is 2.19. The van der Waals surface area contributed by atoms with Crippen LogP contribution in [0.5, 0.6) is 5.75 Å². The van der Waals surface area contributed by atoms with Crippen LogP contribution < -0.4 is 10.1 Å². The van der Waals surface area contributed by atoms with Gasteiger partial charge in [0, 0.05) is 15.4 Å². The van der Waals surface area contributed by atoms with E-state index in [-0.39, 0.29) is 11.6 Å². The second kappa shape index (κ2) is 8.14. The van der Waals surface area contributed by atoms with Gasteiger partial charge >= 0.3 is 0 Å². The zero-order valence-electron chi connectivity index (χ0n) is 15.6. The Morgan fingerprint density at radius 3 is 2.72 bits per heavy atom. The Morgan fingerprint density at radius 2 is 2.00 bits per heavy atom. The van der Waals surface area contributed by atoms with Crippen LogP contribution in [0.1, 0.15) is 16.2 Å². The molecule has 4 rings (SSSR count). The molecule has 7 nitrogen and oxygen atoms in total. The van der Waals surface area contributed by atoms with Gasteiger partial charge in [-0.1, -0.05) is 33.3 Å². The number of carbonyl (C=O) groups excluding carboxylic acids is 1. The van der Waals surface area contributed by atoms with Gasteiger partial charge in [-0.2, -0.15) is 0 Å². The summed E-state index contributed by atoms with van der Waals surface area (Å²) in [6.07, 6.45) is 0. The number of aromatic nitrogens is 4. The second-order valence-corrected chi connectivity index (χ2v) is 7.91. The summed E-state index contributed by atoms with van der Waals surface area (Å²) in [7, 11) is 1.61. The lowest BCUT2D eigenvalue weighted by atomic mass is 10.2. The molecule has 1 amide bonds. The molecule has 4 aromatic rings. The van der Waals surface area contributed by atoms with Gasteiger partial charge in [0.15, 0.2) is 10.8 Å². The van der Waals surface area contributed by atoms with E-state index >= 15 is 0 Å². The maximum absolute atomic E-state index is 12.7. The Hall–Kier alpha value is -3.04. The van der Waals surface area contributed by atoms with Crippen molar-refractivity contribution in [2.45, 2.75) is 6.92 Å². The van der Waals surface area contributed by atoms with E-state index < -0.39 is 0 Å². The second-order valence-electron chi connectivity index (χ2n) is 6.14. The van der Waals surface area contributed by atoms with E-state index in [0.29, 0.717) is 10.8 Å². The Labute approximate surface area is 179 Å². The number of amides is 1. The number of carbonyl (C=O) groups is 1. The van der Waals surface area contributed by atoms with Crippen molar-refractivity contribution >= 4 is 38.3 Å². The number of rotatable bonds is 5. The molecule has 0 bridgehead atoms. The van der Waals surface area contributed by atoms with Crippen molar-refractivity contribution in [3.8, 4) is 22.7 Å². The highest BCUT2D eigenvalue weighted by molar-refractivity contribution is 9.10. The molecule has 0 aliphatic carbocycles. The Kier molecular flexibility index (Phi) is 5.41. The maximum atomic E-state index is 12.7. The Balaban J connectivity index is 1.53. The molecule has 0 saturated heterocycles. The summed E-state index contributed by atoms with van der Waals surface area (Å²) in [5.41, 5.74) is 3.44. The third kappa shape index (κ3) is 4.06. The number of ether oxygens (including phenoxy) is 1. The number of halogens is 1. The van der Waals surface area contributed by atoms with E-state index in [4.69, 9.17) is 4.74 Å². The topological polar surface area (TPSA) is 81.9 Å². The lowest BCUT2D eigenvalue weighted by Gasteiger charge is -2.05. The van der Waals surface area contributed by atoms with Gasteiger partial charge in [0.05, 0.1) is 24.2 Å². The van der Waals surface area contributed by atoms with Crippen LogP contribution >= 0.6 is 27.3 Å². The van der Waals surface area contributed by atoms with Crippen molar-refractivity contribution < 1.29 is 9.53 Å². The molecule has 146 valence electrons. The SMILES string of the molecule is COc1ccc(-n2nnc(C(=O)Nc3nc(-c4cccc(Br)c4)cs3)c2C)cc1. The predicted octanol–water partition coefficient (Wildman–Crippen LogP) is 4.72.